The fourth-order valence-corrected chi connectivity index (χ4v) is 4.96. The molecule has 0 aliphatic carbocycles. The molecule has 0 saturated carbocycles. The molecular formula is C25H19ClFN3S. The van der Waals surface area contributed by atoms with Gasteiger partial charge in [-0.15, -0.1) is 11.3 Å². The molecule has 0 unspecified atom stereocenters. The van der Waals surface area contributed by atoms with E-state index >= 15 is 0 Å². The molecular weight excluding hydrogens is 429 g/mol. The van der Waals surface area contributed by atoms with Crippen molar-refractivity contribution in [2.45, 2.75) is 13.8 Å². The predicted octanol–water partition coefficient (Wildman–Crippen LogP) is 7.88. The van der Waals surface area contributed by atoms with Crippen LogP contribution in [0.15, 0.2) is 72.1 Å². The highest BCUT2D eigenvalue weighted by Crippen LogP contribution is 2.41. The third kappa shape index (κ3) is 3.40. The van der Waals surface area contributed by atoms with E-state index in [1.807, 2.05) is 28.7 Å². The van der Waals surface area contributed by atoms with Crippen LogP contribution in [0.1, 0.15) is 11.1 Å². The monoisotopic (exact) mass is 447 g/mol. The lowest BCUT2D eigenvalue weighted by Gasteiger charge is -2.15. The Morgan fingerprint density at radius 1 is 0.935 bits per heavy atom. The van der Waals surface area contributed by atoms with Gasteiger partial charge in [0.05, 0.1) is 16.3 Å². The summed E-state index contributed by atoms with van der Waals surface area (Å²) in [5, 5.41) is 5.96. The molecule has 31 heavy (non-hydrogen) atoms. The van der Waals surface area contributed by atoms with Gasteiger partial charge in [-0.05, 0) is 42.7 Å². The number of hydrogen-bond acceptors (Lipinski definition) is 3. The lowest BCUT2D eigenvalue weighted by molar-refractivity contribution is 0.631. The summed E-state index contributed by atoms with van der Waals surface area (Å²) in [6.07, 6.45) is 0. The number of aryl methyl sites for hydroxylation is 2. The second-order valence-corrected chi connectivity index (χ2v) is 8.65. The first-order chi connectivity index (χ1) is 15.0. The van der Waals surface area contributed by atoms with Crippen molar-refractivity contribution in [2.24, 2.45) is 0 Å². The number of halogens is 2. The SMILES string of the molecule is Cc1cccc(C)c1Nc1c(-c2c(F)cccc2Cl)nc2scc(-c3ccccc3)n12. The largest absolute Gasteiger partial charge is 0.339 e. The van der Waals surface area contributed by atoms with E-state index < -0.39 is 5.82 Å². The summed E-state index contributed by atoms with van der Waals surface area (Å²) in [4.78, 5) is 5.57. The number of benzene rings is 3. The fraction of sp³-hybridized carbons (Fsp3) is 0.0800. The van der Waals surface area contributed by atoms with Crippen LogP contribution in [-0.2, 0) is 0 Å². The van der Waals surface area contributed by atoms with E-state index in [2.05, 4.69) is 48.8 Å². The van der Waals surface area contributed by atoms with Crippen LogP contribution < -0.4 is 5.32 Å². The van der Waals surface area contributed by atoms with Crippen molar-refractivity contribution in [1.29, 1.82) is 0 Å². The van der Waals surface area contributed by atoms with Crippen molar-refractivity contribution in [2.75, 3.05) is 5.32 Å². The molecule has 0 atom stereocenters. The number of imidazole rings is 1. The van der Waals surface area contributed by atoms with E-state index in [1.165, 1.54) is 17.4 Å². The van der Waals surface area contributed by atoms with Gasteiger partial charge in [-0.3, -0.25) is 4.40 Å². The average Bonchev–Trinajstić information content (AvgIpc) is 3.31. The quantitative estimate of drug-likeness (QED) is 0.303. The lowest BCUT2D eigenvalue weighted by atomic mass is 10.1. The maximum Gasteiger partial charge on any atom is 0.196 e. The van der Waals surface area contributed by atoms with E-state index in [-0.39, 0.29) is 0 Å². The maximum absolute atomic E-state index is 14.9. The first-order valence-electron chi connectivity index (χ1n) is 9.87. The van der Waals surface area contributed by atoms with Crippen LogP contribution in [0.4, 0.5) is 15.9 Å². The summed E-state index contributed by atoms with van der Waals surface area (Å²) >= 11 is 7.95. The molecule has 3 aromatic carbocycles. The van der Waals surface area contributed by atoms with Crippen LogP contribution in [-0.4, -0.2) is 9.38 Å². The van der Waals surface area contributed by atoms with Crippen molar-refractivity contribution >= 4 is 39.4 Å². The first kappa shape index (κ1) is 19.8. The molecule has 0 bridgehead atoms. The van der Waals surface area contributed by atoms with Crippen LogP contribution in [0.2, 0.25) is 5.02 Å². The molecule has 0 aliphatic heterocycles. The van der Waals surface area contributed by atoms with Gasteiger partial charge in [-0.1, -0.05) is 66.2 Å². The van der Waals surface area contributed by atoms with Gasteiger partial charge in [0.1, 0.15) is 17.3 Å². The van der Waals surface area contributed by atoms with Gasteiger partial charge in [0.2, 0.25) is 0 Å². The number of nitrogens with one attached hydrogen (secondary N) is 1. The van der Waals surface area contributed by atoms with Gasteiger partial charge >= 0.3 is 0 Å². The summed E-state index contributed by atoms with van der Waals surface area (Å²) in [7, 11) is 0. The molecule has 2 aromatic heterocycles. The fourth-order valence-electron chi connectivity index (χ4n) is 3.81. The molecule has 154 valence electrons. The summed E-state index contributed by atoms with van der Waals surface area (Å²) < 4.78 is 17.0. The van der Waals surface area contributed by atoms with Gasteiger partial charge in [0, 0.05) is 11.1 Å². The van der Waals surface area contributed by atoms with Gasteiger partial charge in [0.15, 0.2) is 4.96 Å². The molecule has 0 radical (unpaired) electrons. The van der Waals surface area contributed by atoms with Gasteiger partial charge < -0.3 is 5.32 Å². The molecule has 2 heterocycles. The summed E-state index contributed by atoms with van der Waals surface area (Å²) in [6.45, 7) is 4.10. The highest BCUT2D eigenvalue weighted by Gasteiger charge is 2.23. The van der Waals surface area contributed by atoms with Crippen molar-refractivity contribution in [1.82, 2.24) is 9.38 Å². The van der Waals surface area contributed by atoms with Crippen molar-refractivity contribution in [3.63, 3.8) is 0 Å². The zero-order valence-electron chi connectivity index (χ0n) is 17.0. The van der Waals surface area contributed by atoms with E-state index in [9.17, 15) is 4.39 Å². The molecule has 5 rings (SSSR count). The Kier molecular flexibility index (Phi) is 5.00. The van der Waals surface area contributed by atoms with Crippen LogP contribution in [0.25, 0.3) is 27.5 Å². The maximum atomic E-state index is 14.9. The minimum Gasteiger partial charge on any atom is -0.339 e. The second-order valence-electron chi connectivity index (χ2n) is 7.40. The van der Waals surface area contributed by atoms with Crippen LogP contribution in [0, 0.1) is 19.7 Å². The van der Waals surface area contributed by atoms with E-state index in [1.54, 1.807) is 12.1 Å². The summed E-state index contributed by atoms with van der Waals surface area (Å²) in [5.41, 5.74) is 6.00. The number of rotatable bonds is 4. The molecule has 0 spiro atoms. The van der Waals surface area contributed by atoms with Crippen LogP contribution in [0.5, 0.6) is 0 Å². The Bertz CT molecular complexity index is 1370. The Morgan fingerprint density at radius 2 is 1.65 bits per heavy atom. The zero-order chi connectivity index (χ0) is 21.5. The Hall–Kier alpha value is -3.15. The van der Waals surface area contributed by atoms with Crippen molar-refractivity contribution in [3.8, 4) is 22.5 Å². The zero-order valence-corrected chi connectivity index (χ0v) is 18.6. The molecule has 5 aromatic rings. The first-order valence-corrected chi connectivity index (χ1v) is 11.1. The molecule has 0 saturated heterocycles. The number of fused-ring (bicyclic) bond motifs is 1. The number of nitrogens with zero attached hydrogens (tertiary/aromatic N) is 2. The molecule has 0 fully saturated rings. The van der Waals surface area contributed by atoms with Crippen LogP contribution in [0.3, 0.4) is 0 Å². The lowest BCUT2D eigenvalue weighted by Crippen LogP contribution is -2.02. The highest BCUT2D eigenvalue weighted by molar-refractivity contribution is 7.15. The Morgan fingerprint density at radius 3 is 2.35 bits per heavy atom. The average molecular weight is 448 g/mol. The Labute approximate surface area is 188 Å². The second kappa shape index (κ2) is 7.84. The van der Waals surface area contributed by atoms with Crippen molar-refractivity contribution < 1.29 is 4.39 Å². The standard InChI is InChI=1S/C25H19ClFN3S/c1-15-8-6-9-16(2)22(15)28-24-23(21-18(26)12-7-13-19(21)27)29-25-30(24)20(14-31-25)17-10-4-3-5-11-17/h3-14,28H,1-2H3. The summed E-state index contributed by atoms with van der Waals surface area (Å²) in [6, 6.07) is 20.9. The topological polar surface area (TPSA) is 29.3 Å². The van der Waals surface area contributed by atoms with Crippen molar-refractivity contribution in [3.05, 3.63) is 94.1 Å². The van der Waals surface area contributed by atoms with Gasteiger partial charge in [0.25, 0.3) is 0 Å². The molecule has 1 N–H and O–H groups in total. The van der Waals surface area contributed by atoms with E-state index in [0.717, 1.165) is 33.0 Å². The number of para-hydroxylation sites is 1. The number of anilines is 2. The summed E-state index contributed by atoms with van der Waals surface area (Å²) in [5.74, 6) is 0.295. The minimum atomic E-state index is -0.399. The van der Waals surface area contributed by atoms with E-state index in [4.69, 9.17) is 16.6 Å². The van der Waals surface area contributed by atoms with Crippen LogP contribution >= 0.6 is 22.9 Å². The predicted molar refractivity (Wildman–Crippen MR) is 128 cm³/mol. The normalized spacial score (nSPS) is 11.2. The molecule has 0 aliphatic rings. The third-order valence-corrected chi connectivity index (χ3v) is 6.50. The Balaban J connectivity index is 1.82. The molecule has 6 heteroatoms. The molecule has 0 amide bonds. The molecule has 3 nitrogen and oxygen atoms in total. The van der Waals surface area contributed by atoms with E-state index in [0.29, 0.717) is 22.1 Å². The number of aromatic nitrogens is 2. The minimum absolute atomic E-state index is 0.299. The highest BCUT2D eigenvalue weighted by atomic mass is 35.5. The number of hydrogen-bond donors (Lipinski definition) is 1. The third-order valence-electron chi connectivity index (χ3n) is 5.36. The van der Waals surface area contributed by atoms with Gasteiger partial charge in [-0.2, -0.15) is 0 Å². The number of thiazole rings is 1. The van der Waals surface area contributed by atoms with Gasteiger partial charge in [-0.25, -0.2) is 9.37 Å². The smallest absolute Gasteiger partial charge is 0.196 e.